The van der Waals surface area contributed by atoms with Gasteiger partial charge in [-0.3, -0.25) is 19.8 Å². The van der Waals surface area contributed by atoms with Crippen molar-refractivity contribution in [1.29, 1.82) is 0 Å². The number of anilines is 1. The summed E-state index contributed by atoms with van der Waals surface area (Å²) in [4.78, 5) is 23.5. The summed E-state index contributed by atoms with van der Waals surface area (Å²) in [6.07, 6.45) is 0. The lowest BCUT2D eigenvalue weighted by molar-refractivity contribution is -0.138. The van der Waals surface area contributed by atoms with Crippen LogP contribution in [0.15, 0.2) is 10.6 Å². The number of hydrogen-bond acceptors (Lipinski definition) is 5. The van der Waals surface area contributed by atoms with Crippen LogP contribution in [0.25, 0.3) is 0 Å². The molecule has 1 amide bonds. The summed E-state index contributed by atoms with van der Waals surface area (Å²) >= 11 is 0. The summed E-state index contributed by atoms with van der Waals surface area (Å²) in [5.74, 6) is -1.07. The summed E-state index contributed by atoms with van der Waals surface area (Å²) in [6.45, 7) is 5.72. The van der Waals surface area contributed by atoms with E-state index < -0.39 is 5.97 Å². The number of carbonyl (C=O) groups excluding carboxylic acids is 1. The van der Waals surface area contributed by atoms with Crippen LogP contribution in [0.5, 0.6) is 0 Å². The van der Waals surface area contributed by atoms with Crippen LogP contribution >= 0.6 is 0 Å². The predicted molar refractivity (Wildman–Crippen MR) is 69.0 cm³/mol. The number of carbonyl (C=O) groups is 2. The highest BCUT2D eigenvalue weighted by molar-refractivity contribution is 5.91. The van der Waals surface area contributed by atoms with Crippen molar-refractivity contribution in [1.82, 2.24) is 10.1 Å². The molecule has 0 aliphatic heterocycles. The van der Waals surface area contributed by atoms with E-state index in [1.807, 2.05) is 20.8 Å². The fourth-order valence-corrected chi connectivity index (χ4v) is 1.40. The molecule has 0 aliphatic carbocycles. The number of carboxylic acid groups (broad SMARTS) is 1. The molecule has 7 heteroatoms. The number of carboxylic acids is 1. The van der Waals surface area contributed by atoms with Gasteiger partial charge in [0.25, 0.3) is 0 Å². The molecule has 1 aromatic heterocycles. The van der Waals surface area contributed by atoms with Gasteiger partial charge in [-0.05, 0) is 7.05 Å². The van der Waals surface area contributed by atoms with E-state index in [9.17, 15) is 9.59 Å². The molecular formula is C12H19N3O4. The Balaban J connectivity index is 2.53. The summed E-state index contributed by atoms with van der Waals surface area (Å²) < 4.78 is 5.01. The molecule has 0 unspecified atom stereocenters. The first-order valence-corrected chi connectivity index (χ1v) is 5.86. The molecule has 0 spiro atoms. The Bertz CT molecular complexity index is 462. The summed E-state index contributed by atoms with van der Waals surface area (Å²) in [5, 5.41) is 15.0. The lowest BCUT2D eigenvalue weighted by Gasteiger charge is -2.13. The maximum absolute atomic E-state index is 11.6. The molecule has 0 bridgehead atoms. The molecule has 19 heavy (non-hydrogen) atoms. The van der Waals surface area contributed by atoms with Gasteiger partial charge in [0.05, 0.1) is 18.8 Å². The van der Waals surface area contributed by atoms with Gasteiger partial charge in [-0.1, -0.05) is 25.9 Å². The summed E-state index contributed by atoms with van der Waals surface area (Å²) in [7, 11) is 1.55. The van der Waals surface area contributed by atoms with Gasteiger partial charge in [0.2, 0.25) is 11.8 Å². The van der Waals surface area contributed by atoms with Crippen molar-refractivity contribution in [3.8, 4) is 0 Å². The van der Waals surface area contributed by atoms with E-state index in [1.165, 1.54) is 4.90 Å². The Morgan fingerprint density at radius 2 is 2.05 bits per heavy atom. The van der Waals surface area contributed by atoms with E-state index in [-0.39, 0.29) is 30.3 Å². The molecular weight excluding hydrogens is 250 g/mol. The van der Waals surface area contributed by atoms with Crippen molar-refractivity contribution < 1.29 is 19.2 Å². The molecule has 1 rings (SSSR count). The van der Waals surface area contributed by atoms with Crippen molar-refractivity contribution in [2.24, 2.45) is 0 Å². The van der Waals surface area contributed by atoms with Crippen LogP contribution in [-0.2, 0) is 15.0 Å². The van der Waals surface area contributed by atoms with Crippen molar-refractivity contribution >= 4 is 17.8 Å². The quantitative estimate of drug-likeness (QED) is 0.825. The number of likely N-dealkylation sites (N-methyl/N-ethyl adjacent to an activating group) is 1. The van der Waals surface area contributed by atoms with E-state index in [1.54, 1.807) is 13.1 Å². The molecule has 106 valence electrons. The molecule has 0 aromatic carbocycles. The van der Waals surface area contributed by atoms with Crippen LogP contribution in [0, 0.1) is 0 Å². The molecule has 1 heterocycles. The maximum Gasteiger partial charge on any atom is 0.317 e. The number of aromatic nitrogens is 1. The second-order valence-electron chi connectivity index (χ2n) is 5.44. The number of nitrogens with one attached hydrogen (secondary N) is 1. The SMILES string of the molecule is CN(CC(=O)O)CC(=O)Nc1cc(C(C)(C)C)no1. The average molecular weight is 269 g/mol. The van der Waals surface area contributed by atoms with Crippen molar-refractivity contribution in [2.45, 2.75) is 26.2 Å². The van der Waals surface area contributed by atoms with E-state index in [0.29, 0.717) is 0 Å². The third-order valence-electron chi connectivity index (χ3n) is 2.36. The molecule has 2 N–H and O–H groups in total. The lowest BCUT2D eigenvalue weighted by atomic mass is 9.92. The number of rotatable bonds is 5. The molecule has 0 aliphatic rings. The molecule has 7 nitrogen and oxygen atoms in total. The van der Waals surface area contributed by atoms with Crippen molar-refractivity contribution in [3.05, 3.63) is 11.8 Å². The Morgan fingerprint density at radius 1 is 1.42 bits per heavy atom. The molecule has 0 fully saturated rings. The average Bonchev–Trinajstić information content (AvgIpc) is 2.63. The molecule has 0 atom stereocenters. The van der Waals surface area contributed by atoms with Gasteiger partial charge in [0.1, 0.15) is 0 Å². The van der Waals surface area contributed by atoms with Gasteiger partial charge in [-0.2, -0.15) is 0 Å². The first kappa shape index (κ1) is 15.2. The van der Waals surface area contributed by atoms with Gasteiger partial charge in [-0.25, -0.2) is 0 Å². The second-order valence-corrected chi connectivity index (χ2v) is 5.44. The highest BCUT2D eigenvalue weighted by Gasteiger charge is 2.20. The van der Waals surface area contributed by atoms with Gasteiger partial charge in [-0.15, -0.1) is 0 Å². The predicted octanol–water partition coefficient (Wildman–Crippen LogP) is 0.927. The third kappa shape index (κ3) is 5.09. The van der Waals surface area contributed by atoms with Crippen molar-refractivity contribution in [2.75, 3.05) is 25.5 Å². The van der Waals surface area contributed by atoms with Gasteiger partial charge in [0, 0.05) is 11.5 Å². The number of hydrogen-bond donors (Lipinski definition) is 2. The summed E-state index contributed by atoms with van der Waals surface area (Å²) in [5.41, 5.74) is 0.578. The summed E-state index contributed by atoms with van der Waals surface area (Å²) in [6, 6.07) is 1.66. The van der Waals surface area contributed by atoms with Crippen molar-refractivity contribution in [3.63, 3.8) is 0 Å². The fraction of sp³-hybridized carbons (Fsp3) is 0.583. The normalized spacial score (nSPS) is 11.6. The monoisotopic (exact) mass is 269 g/mol. The minimum Gasteiger partial charge on any atom is -0.480 e. The maximum atomic E-state index is 11.6. The number of aliphatic carboxylic acids is 1. The lowest BCUT2D eigenvalue weighted by Crippen LogP contribution is -2.33. The Hall–Kier alpha value is -1.89. The van der Waals surface area contributed by atoms with Crippen LogP contribution in [0.3, 0.4) is 0 Å². The largest absolute Gasteiger partial charge is 0.480 e. The van der Waals surface area contributed by atoms with Crippen LogP contribution in [0.4, 0.5) is 5.88 Å². The van der Waals surface area contributed by atoms with Crippen LogP contribution in [0.2, 0.25) is 0 Å². The molecule has 0 saturated heterocycles. The van der Waals surface area contributed by atoms with E-state index in [0.717, 1.165) is 5.69 Å². The van der Waals surface area contributed by atoms with E-state index >= 15 is 0 Å². The van der Waals surface area contributed by atoms with Gasteiger partial charge in [0.15, 0.2) is 0 Å². The highest BCUT2D eigenvalue weighted by atomic mass is 16.5. The number of nitrogens with zero attached hydrogens (tertiary/aromatic N) is 2. The van der Waals surface area contributed by atoms with Crippen LogP contribution in [-0.4, -0.2) is 47.2 Å². The first-order valence-electron chi connectivity index (χ1n) is 5.86. The minimum absolute atomic E-state index is 0.0299. The second kappa shape index (κ2) is 5.83. The number of amides is 1. The Labute approximate surface area is 111 Å². The van der Waals surface area contributed by atoms with Crippen LogP contribution < -0.4 is 5.32 Å². The zero-order chi connectivity index (χ0) is 14.6. The Kier molecular flexibility index (Phi) is 4.66. The fourth-order valence-electron chi connectivity index (χ4n) is 1.40. The van der Waals surface area contributed by atoms with Crippen LogP contribution in [0.1, 0.15) is 26.5 Å². The minimum atomic E-state index is -0.981. The highest BCUT2D eigenvalue weighted by Crippen LogP contribution is 2.23. The zero-order valence-electron chi connectivity index (χ0n) is 11.6. The molecule has 0 saturated carbocycles. The third-order valence-corrected chi connectivity index (χ3v) is 2.36. The topological polar surface area (TPSA) is 95.7 Å². The molecule has 0 radical (unpaired) electrons. The van der Waals surface area contributed by atoms with E-state index in [4.69, 9.17) is 9.63 Å². The van der Waals surface area contributed by atoms with Gasteiger partial charge < -0.3 is 9.63 Å². The standard InChI is InChI=1S/C12H19N3O4/c1-12(2,3)8-5-10(19-14-8)13-9(16)6-15(4)7-11(17)18/h5H,6-7H2,1-4H3,(H,13,16)(H,17,18). The Morgan fingerprint density at radius 3 is 2.53 bits per heavy atom. The first-order chi connectivity index (χ1) is 8.68. The smallest absolute Gasteiger partial charge is 0.317 e. The van der Waals surface area contributed by atoms with E-state index in [2.05, 4.69) is 10.5 Å². The zero-order valence-corrected chi connectivity index (χ0v) is 11.6. The van der Waals surface area contributed by atoms with Gasteiger partial charge >= 0.3 is 5.97 Å². The molecule has 1 aromatic rings.